The molecule has 0 fully saturated rings. The molecular formula is C14H23NO2. The molecule has 0 saturated heterocycles. The standard InChI is InChI=1S/C14H23NO2/c1-10-6-13(8-15-4)7-11(2)14(10)17-9-12(3)16-5/h6-7,12,15H,8-9H2,1-5H3. The number of nitrogens with one attached hydrogen (secondary N) is 1. The van der Waals surface area contributed by atoms with Crippen molar-refractivity contribution in [2.45, 2.75) is 33.4 Å². The fraction of sp³-hybridized carbons (Fsp3) is 0.571. The predicted molar refractivity (Wildman–Crippen MR) is 70.6 cm³/mol. The quantitative estimate of drug-likeness (QED) is 0.824. The Morgan fingerprint density at radius 1 is 1.24 bits per heavy atom. The molecule has 0 aliphatic rings. The molecule has 1 atom stereocenters. The average molecular weight is 237 g/mol. The number of hydrogen-bond donors (Lipinski definition) is 1. The highest BCUT2D eigenvalue weighted by atomic mass is 16.5. The minimum absolute atomic E-state index is 0.116. The van der Waals surface area contributed by atoms with Crippen LogP contribution in [0.2, 0.25) is 0 Å². The van der Waals surface area contributed by atoms with Crippen molar-refractivity contribution in [3.63, 3.8) is 0 Å². The Labute approximate surface area is 104 Å². The first-order valence-electron chi connectivity index (χ1n) is 5.98. The van der Waals surface area contributed by atoms with Crippen LogP contribution in [-0.2, 0) is 11.3 Å². The minimum atomic E-state index is 0.116. The minimum Gasteiger partial charge on any atom is -0.490 e. The van der Waals surface area contributed by atoms with Gasteiger partial charge in [-0.05, 0) is 44.5 Å². The van der Waals surface area contributed by atoms with E-state index in [0.29, 0.717) is 6.61 Å². The van der Waals surface area contributed by atoms with Crippen molar-refractivity contribution < 1.29 is 9.47 Å². The first-order chi connectivity index (χ1) is 8.08. The summed E-state index contributed by atoms with van der Waals surface area (Å²) in [6.07, 6.45) is 0.116. The van der Waals surface area contributed by atoms with E-state index in [-0.39, 0.29) is 6.10 Å². The van der Waals surface area contributed by atoms with E-state index >= 15 is 0 Å². The Kier molecular flexibility index (Phi) is 5.45. The number of hydrogen-bond acceptors (Lipinski definition) is 3. The highest BCUT2D eigenvalue weighted by molar-refractivity contribution is 5.43. The van der Waals surface area contributed by atoms with Gasteiger partial charge in [-0.25, -0.2) is 0 Å². The molecule has 0 spiro atoms. The third-order valence-electron chi connectivity index (χ3n) is 2.77. The third kappa shape index (κ3) is 4.02. The van der Waals surface area contributed by atoms with Crippen LogP contribution < -0.4 is 10.1 Å². The summed E-state index contributed by atoms with van der Waals surface area (Å²) in [7, 11) is 3.65. The van der Waals surface area contributed by atoms with Crippen molar-refractivity contribution in [3.8, 4) is 5.75 Å². The lowest BCUT2D eigenvalue weighted by molar-refractivity contribution is 0.0711. The fourth-order valence-electron chi connectivity index (χ4n) is 1.84. The summed E-state index contributed by atoms with van der Waals surface area (Å²) < 4.78 is 11.0. The Bertz CT molecular complexity index is 340. The summed E-state index contributed by atoms with van der Waals surface area (Å²) in [4.78, 5) is 0. The van der Waals surface area contributed by atoms with Crippen LogP contribution in [0.15, 0.2) is 12.1 Å². The van der Waals surface area contributed by atoms with E-state index in [1.54, 1.807) is 7.11 Å². The van der Waals surface area contributed by atoms with E-state index in [1.165, 1.54) is 16.7 Å². The lowest BCUT2D eigenvalue weighted by atomic mass is 10.1. The Balaban J connectivity index is 2.78. The second-order valence-electron chi connectivity index (χ2n) is 4.45. The van der Waals surface area contributed by atoms with Gasteiger partial charge in [0.25, 0.3) is 0 Å². The van der Waals surface area contributed by atoms with Gasteiger partial charge in [0, 0.05) is 13.7 Å². The second-order valence-corrected chi connectivity index (χ2v) is 4.45. The Morgan fingerprint density at radius 3 is 2.29 bits per heavy atom. The first kappa shape index (κ1) is 14.0. The second kappa shape index (κ2) is 6.62. The van der Waals surface area contributed by atoms with Gasteiger partial charge in [-0.15, -0.1) is 0 Å². The van der Waals surface area contributed by atoms with Crippen LogP contribution in [0.1, 0.15) is 23.6 Å². The molecule has 1 N–H and O–H groups in total. The number of benzene rings is 1. The molecule has 0 aliphatic heterocycles. The van der Waals surface area contributed by atoms with Crippen LogP contribution in [0.25, 0.3) is 0 Å². The Hall–Kier alpha value is -1.06. The monoisotopic (exact) mass is 237 g/mol. The van der Waals surface area contributed by atoms with Crippen molar-refractivity contribution in [1.29, 1.82) is 0 Å². The van der Waals surface area contributed by atoms with Crippen LogP contribution in [0, 0.1) is 13.8 Å². The van der Waals surface area contributed by atoms with Gasteiger partial charge in [0.05, 0.1) is 6.10 Å². The molecule has 96 valence electrons. The van der Waals surface area contributed by atoms with Gasteiger partial charge in [0.1, 0.15) is 12.4 Å². The molecule has 17 heavy (non-hydrogen) atoms. The Morgan fingerprint density at radius 2 is 1.82 bits per heavy atom. The van der Waals surface area contributed by atoms with Crippen molar-refractivity contribution in [3.05, 3.63) is 28.8 Å². The van der Waals surface area contributed by atoms with Gasteiger partial charge in [0.2, 0.25) is 0 Å². The van der Waals surface area contributed by atoms with Crippen LogP contribution >= 0.6 is 0 Å². The maximum atomic E-state index is 5.81. The predicted octanol–water partition coefficient (Wildman–Crippen LogP) is 2.44. The molecule has 1 rings (SSSR count). The molecular weight excluding hydrogens is 214 g/mol. The van der Waals surface area contributed by atoms with E-state index < -0.39 is 0 Å². The molecule has 0 saturated carbocycles. The van der Waals surface area contributed by atoms with Crippen molar-refractivity contribution in [2.75, 3.05) is 20.8 Å². The van der Waals surface area contributed by atoms with Crippen molar-refractivity contribution in [2.24, 2.45) is 0 Å². The van der Waals surface area contributed by atoms with E-state index in [9.17, 15) is 0 Å². The van der Waals surface area contributed by atoms with Crippen LogP contribution in [0.4, 0.5) is 0 Å². The highest BCUT2D eigenvalue weighted by Crippen LogP contribution is 2.25. The number of methoxy groups -OCH3 is 1. The maximum absolute atomic E-state index is 5.81. The van der Waals surface area contributed by atoms with Gasteiger partial charge in [-0.1, -0.05) is 12.1 Å². The highest BCUT2D eigenvalue weighted by Gasteiger charge is 2.08. The van der Waals surface area contributed by atoms with Gasteiger partial charge >= 0.3 is 0 Å². The number of ether oxygens (including phenoxy) is 2. The van der Waals surface area contributed by atoms with Crippen LogP contribution in [0.5, 0.6) is 5.75 Å². The van der Waals surface area contributed by atoms with Crippen molar-refractivity contribution >= 4 is 0 Å². The maximum Gasteiger partial charge on any atom is 0.125 e. The fourth-order valence-corrected chi connectivity index (χ4v) is 1.84. The van der Waals surface area contributed by atoms with E-state index in [1.807, 2.05) is 14.0 Å². The van der Waals surface area contributed by atoms with Crippen LogP contribution in [0.3, 0.4) is 0 Å². The summed E-state index contributed by atoms with van der Waals surface area (Å²) in [6.45, 7) is 7.64. The van der Waals surface area contributed by atoms with Crippen molar-refractivity contribution in [1.82, 2.24) is 5.32 Å². The molecule has 0 amide bonds. The molecule has 1 aromatic rings. The van der Waals surface area contributed by atoms with E-state index in [4.69, 9.17) is 9.47 Å². The normalized spacial score (nSPS) is 12.5. The zero-order valence-electron chi connectivity index (χ0n) is 11.5. The summed E-state index contributed by atoms with van der Waals surface area (Å²) >= 11 is 0. The molecule has 0 aliphatic carbocycles. The molecule has 0 bridgehead atoms. The van der Waals surface area contributed by atoms with Gasteiger partial charge in [-0.3, -0.25) is 0 Å². The summed E-state index contributed by atoms with van der Waals surface area (Å²) in [6, 6.07) is 4.33. The van der Waals surface area contributed by atoms with E-state index in [0.717, 1.165) is 12.3 Å². The van der Waals surface area contributed by atoms with Crippen LogP contribution in [-0.4, -0.2) is 26.9 Å². The summed E-state index contributed by atoms with van der Waals surface area (Å²) in [5, 5.41) is 3.16. The van der Waals surface area contributed by atoms with Gasteiger partial charge < -0.3 is 14.8 Å². The van der Waals surface area contributed by atoms with Gasteiger partial charge in [0.15, 0.2) is 0 Å². The third-order valence-corrected chi connectivity index (χ3v) is 2.77. The topological polar surface area (TPSA) is 30.5 Å². The average Bonchev–Trinajstić information content (AvgIpc) is 2.28. The van der Waals surface area contributed by atoms with Gasteiger partial charge in [-0.2, -0.15) is 0 Å². The number of aryl methyl sites for hydroxylation is 2. The molecule has 3 heteroatoms. The molecule has 1 unspecified atom stereocenters. The zero-order chi connectivity index (χ0) is 12.8. The zero-order valence-corrected chi connectivity index (χ0v) is 11.5. The SMILES string of the molecule is CNCc1cc(C)c(OCC(C)OC)c(C)c1. The molecule has 0 aromatic heterocycles. The summed E-state index contributed by atoms with van der Waals surface area (Å²) in [5.74, 6) is 0.980. The summed E-state index contributed by atoms with van der Waals surface area (Å²) in [5.41, 5.74) is 3.65. The molecule has 0 heterocycles. The molecule has 1 aromatic carbocycles. The smallest absolute Gasteiger partial charge is 0.125 e. The molecule has 0 radical (unpaired) electrons. The molecule has 3 nitrogen and oxygen atoms in total. The number of rotatable bonds is 6. The largest absolute Gasteiger partial charge is 0.490 e. The lowest BCUT2D eigenvalue weighted by Crippen LogP contribution is -2.17. The lowest BCUT2D eigenvalue weighted by Gasteiger charge is -2.16. The first-order valence-corrected chi connectivity index (χ1v) is 5.98. The van der Waals surface area contributed by atoms with E-state index in [2.05, 4.69) is 31.3 Å².